The summed E-state index contributed by atoms with van der Waals surface area (Å²) in [4.78, 5) is 14.9. The predicted octanol–water partition coefficient (Wildman–Crippen LogP) is 10.4. The molecule has 2 atom stereocenters. The Morgan fingerprint density at radius 3 is 1.30 bits per heavy atom. The van der Waals surface area contributed by atoms with Gasteiger partial charge in [0.15, 0.2) is 0 Å². The molecule has 6 aromatic carbocycles. The van der Waals surface area contributed by atoms with Gasteiger partial charge in [0.1, 0.15) is 30.5 Å². The van der Waals surface area contributed by atoms with Crippen molar-refractivity contribution in [1.29, 1.82) is 0 Å². The summed E-state index contributed by atoms with van der Waals surface area (Å²) >= 11 is 7.49. The van der Waals surface area contributed by atoms with Crippen LogP contribution in [0.15, 0.2) is 133 Å². The topological polar surface area (TPSA) is 35.5 Å². The number of halogens is 2. The molecule has 0 radical (unpaired) electrons. The molecule has 0 aliphatic heterocycles. The molecule has 5 heteroatoms. The Balaban J connectivity index is 1.43. The van der Waals surface area contributed by atoms with Crippen molar-refractivity contribution in [2.75, 3.05) is 10.7 Å². The van der Waals surface area contributed by atoms with Crippen LogP contribution in [0.3, 0.4) is 0 Å². The van der Waals surface area contributed by atoms with Crippen molar-refractivity contribution in [2.45, 2.75) is 25.0 Å². The largest absolute Gasteiger partial charge is 0.489 e. The Kier molecular flexibility index (Phi) is 9.74. The Labute approximate surface area is 275 Å². The number of rotatable bonds is 12. The van der Waals surface area contributed by atoms with Crippen LogP contribution in [0.1, 0.15) is 34.1 Å². The number of carbonyl (C=O) groups excluding carboxylic acids is 1. The fourth-order valence-corrected chi connectivity index (χ4v) is 7.11. The highest BCUT2D eigenvalue weighted by Crippen LogP contribution is 2.43. The number of ketones is 1. The zero-order chi connectivity index (χ0) is 30.3. The van der Waals surface area contributed by atoms with Crippen molar-refractivity contribution < 1.29 is 14.3 Å². The number of hydrogen-bond acceptors (Lipinski definition) is 3. The second-order valence-corrected chi connectivity index (χ2v) is 12.1. The summed E-state index contributed by atoms with van der Waals surface area (Å²) in [6, 6.07) is 44.8. The summed E-state index contributed by atoms with van der Waals surface area (Å²) < 4.78 is 12.9. The maximum absolute atomic E-state index is 14.9. The zero-order valence-electron chi connectivity index (χ0n) is 24.2. The summed E-state index contributed by atoms with van der Waals surface area (Å²) in [6.07, 6.45) is 0. The van der Waals surface area contributed by atoms with Gasteiger partial charge in [-0.3, -0.25) is 4.79 Å². The van der Waals surface area contributed by atoms with Crippen molar-refractivity contribution in [3.63, 3.8) is 0 Å². The summed E-state index contributed by atoms with van der Waals surface area (Å²) in [6.45, 7) is 0.829. The first-order valence-electron chi connectivity index (χ1n) is 14.7. The van der Waals surface area contributed by atoms with E-state index in [1.54, 1.807) is 0 Å². The first-order chi connectivity index (χ1) is 21.7. The Morgan fingerprint density at radius 1 is 0.500 bits per heavy atom. The second kappa shape index (κ2) is 14.2. The number of benzene rings is 6. The standard InChI is InChI=1S/C39H32Br2O3/c40-23-33(37-31-17-9-7-15-29(31)19-21-35(37)43-25-27-11-3-1-4-12-27)39(42)34(24-41)38-32-18-10-8-16-30(32)20-22-36(38)44-26-28-13-5-2-6-14-28/h1-22,33-34H,23-26H2. The molecule has 0 aliphatic rings. The van der Waals surface area contributed by atoms with E-state index in [2.05, 4.69) is 68.3 Å². The number of carbonyl (C=O) groups is 1. The van der Waals surface area contributed by atoms with Crippen molar-refractivity contribution in [1.82, 2.24) is 0 Å². The second-order valence-electron chi connectivity index (χ2n) is 10.8. The van der Waals surface area contributed by atoms with Crippen LogP contribution in [0.4, 0.5) is 0 Å². The average molecular weight is 708 g/mol. The third-order valence-corrected chi connectivity index (χ3v) is 9.32. The van der Waals surface area contributed by atoms with Crippen LogP contribution in [-0.4, -0.2) is 16.4 Å². The summed E-state index contributed by atoms with van der Waals surface area (Å²) in [5.41, 5.74) is 3.95. The highest BCUT2D eigenvalue weighted by Gasteiger charge is 2.34. The molecule has 0 saturated heterocycles. The fraction of sp³-hybridized carbons (Fsp3) is 0.154. The van der Waals surface area contributed by atoms with Gasteiger partial charge in [0.2, 0.25) is 0 Å². The Morgan fingerprint density at radius 2 is 0.886 bits per heavy atom. The molecule has 3 nitrogen and oxygen atoms in total. The van der Waals surface area contributed by atoms with Crippen LogP contribution < -0.4 is 9.47 Å². The molecule has 0 aromatic heterocycles. The molecule has 0 saturated carbocycles. The quantitative estimate of drug-likeness (QED) is 0.119. The summed E-state index contributed by atoms with van der Waals surface area (Å²) in [5.74, 6) is 0.612. The minimum atomic E-state index is -0.463. The van der Waals surface area contributed by atoms with E-state index in [1.165, 1.54) is 0 Å². The molecule has 0 N–H and O–H groups in total. The average Bonchev–Trinajstić information content (AvgIpc) is 3.08. The first-order valence-corrected chi connectivity index (χ1v) is 16.9. The Hall–Kier alpha value is -3.93. The molecule has 220 valence electrons. The van der Waals surface area contributed by atoms with Gasteiger partial charge >= 0.3 is 0 Å². The molecule has 0 aliphatic carbocycles. The van der Waals surface area contributed by atoms with Crippen molar-refractivity contribution in [2.24, 2.45) is 0 Å². The van der Waals surface area contributed by atoms with Crippen molar-refractivity contribution in [3.05, 3.63) is 156 Å². The van der Waals surface area contributed by atoms with E-state index in [4.69, 9.17) is 9.47 Å². The third-order valence-electron chi connectivity index (χ3n) is 8.03. The minimum Gasteiger partial charge on any atom is -0.489 e. The van der Waals surface area contributed by atoms with Crippen molar-refractivity contribution in [3.8, 4) is 11.5 Å². The number of ether oxygens (including phenoxy) is 2. The molecule has 2 unspecified atom stereocenters. The van der Waals surface area contributed by atoms with Crippen LogP contribution in [0.5, 0.6) is 11.5 Å². The molecule has 0 bridgehead atoms. The van der Waals surface area contributed by atoms with E-state index < -0.39 is 11.8 Å². The number of hydrogen-bond donors (Lipinski definition) is 0. The van der Waals surface area contributed by atoms with Gasteiger partial charge < -0.3 is 9.47 Å². The number of alkyl halides is 2. The van der Waals surface area contributed by atoms with Gasteiger partial charge in [0.25, 0.3) is 0 Å². The smallest absolute Gasteiger partial charge is 0.149 e. The van der Waals surface area contributed by atoms with Gasteiger partial charge in [0, 0.05) is 21.8 Å². The van der Waals surface area contributed by atoms with E-state index in [9.17, 15) is 4.79 Å². The van der Waals surface area contributed by atoms with E-state index in [1.807, 2.05) is 97.1 Å². The number of Topliss-reactive ketones (excluding diaryl/α,β-unsaturated/α-hetero) is 1. The monoisotopic (exact) mass is 706 g/mol. The molecule has 0 heterocycles. The van der Waals surface area contributed by atoms with Gasteiger partial charge in [-0.2, -0.15) is 0 Å². The molecular weight excluding hydrogens is 676 g/mol. The van der Waals surface area contributed by atoms with Gasteiger partial charge in [-0.15, -0.1) is 0 Å². The van der Waals surface area contributed by atoms with E-state index >= 15 is 0 Å². The Bertz CT molecular complexity index is 1740. The van der Waals surface area contributed by atoms with Gasteiger partial charge in [-0.25, -0.2) is 0 Å². The molecule has 0 amide bonds. The highest BCUT2D eigenvalue weighted by molar-refractivity contribution is 9.09. The van der Waals surface area contributed by atoms with Crippen LogP contribution in [0.25, 0.3) is 21.5 Å². The lowest BCUT2D eigenvalue weighted by molar-refractivity contribution is -0.121. The van der Waals surface area contributed by atoms with Gasteiger partial charge in [-0.05, 0) is 44.8 Å². The van der Waals surface area contributed by atoms with E-state index in [0.717, 1.165) is 55.3 Å². The summed E-state index contributed by atoms with van der Waals surface area (Å²) in [5, 5.41) is 5.08. The molecule has 0 fully saturated rings. The third kappa shape index (κ3) is 6.45. The van der Waals surface area contributed by atoms with Crippen LogP contribution in [0.2, 0.25) is 0 Å². The minimum absolute atomic E-state index is 0.0978. The maximum atomic E-state index is 14.9. The van der Waals surface area contributed by atoms with Crippen LogP contribution in [0, 0.1) is 0 Å². The summed E-state index contributed by atoms with van der Waals surface area (Å²) in [7, 11) is 0. The molecule has 6 rings (SSSR count). The van der Waals surface area contributed by atoms with E-state index in [-0.39, 0.29) is 5.78 Å². The van der Waals surface area contributed by atoms with Gasteiger partial charge in [0.05, 0.1) is 11.8 Å². The lowest BCUT2D eigenvalue weighted by Gasteiger charge is -2.26. The molecule has 6 aromatic rings. The van der Waals surface area contributed by atoms with Crippen LogP contribution >= 0.6 is 31.9 Å². The molecule has 44 heavy (non-hydrogen) atoms. The van der Waals surface area contributed by atoms with E-state index in [0.29, 0.717) is 23.9 Å². The predicted molar refractivity (Wildman–Crippen MR) is 188 cm³/mol. The van der Waals surface area contributed by atoms with Crippen LogP contribution in [-0.2, 0) is 18.0 Å². The maximum Gasteiger partial charge on any atom is 0.149 e. The SMILES string of the molecule is O=C(C(CBr)c1c(OCc2ccccc2)ccc2ccccc12)C(CBr)c1c(OCc2ccccc2)ccc2ccccc12. The molecule has 0 spiro atoms. The highest BCUT2D eigenvalue weighted by atomic mass is 79.9. The zero-order valence-corrected chi connectivity index (χ0v) is 27.3. The fourth-order valence-electron chi connectivity index (χ4n) is 5.83. The lowest BCUT2D eigenvalue weighted by Crippen LogP contribution is -2.24. The first kappa shape index (κ1) is 30.1. The normalized spacial score (nSPS) is 12.6. The molecular formula is C39H32Br2O3. The lowest BCUT2D eigenvalue weighted by atomic mass is 9.81. The van der Waals surface area contributed by atoms with Gasteiger partial charge in [-0.1, -0.05) is 153 Å². The van der Waals surface area contributed by atoms with Crippen molar-refractivity contribution >= 4 is 59.2 Å². The number of fused-ring (bicyclic) bond motifs is 2.